The maximum Gasteiger partial charge on any atom is 0.0342 e. The Morgan fingerprint density at radius 3 is 2.20 bits per heavy atom. The van der Waals surface area contributed by atoms with Gasteiger partial charge in [-0.25, -0.2) is 0 Å². The predicted molar refractivity (Wildman–Crippen MR) is 71.7 cm³/mol. The Labute approximate surface area is 97.7 Å². The van der Waals surface area contributed by atoms with Crippen molar-refractivity contribution in [3.8, 4) is 0 Å². The van der Waals surface area contributed by atoms with Crippen LogP contribution >= 0.6 is 11.8 Å². The van der Waals surface area contributed by atoms with E-state index < -0.39 is 0 Å². The molecule has 1 N–H and O–H groups in total. The SMILES string of the molecule is CCC(CC)Nc1ccc(CSC)cc1. The monoisotopic (exact) mass is 223 g/mol. The van der Waals surface area contributed by atoms with Gasteiger partial charge in [0.05, 0.1) is 0 Å². The fourth-order valence-electron chi connectivity index (χ4n) is 1.59. The average molecular weight is 223 g/mol. The van der Waals surface area contributed by atoms with Gasteiger partial charge in [0.25, 0.3) is 0 Å². The molecule has 1 nitrogen and oxygen atoms in total. The van der Waals surface area contributed by atoms with Crippen LogP contribution in [-0.2, 0) is 5.75 Å². The topological polar surface area (TPSA) is 12.0 Å². The summed E-state index contributed by atoms with van der Waals surface area (Å²) in [5.74, 6) is 1.10. The molecule has 0 aromatic heterocycles. The van der Waals surface area contributed by atoms with Gasteiger partial charge >= 0.3 is 0 Å². The highest BCUT2D eigenvalue weighted by Gasteiger charge is 2.02. The summed E-state index contributed by atoms with van der Waals surface area (Å²) in [6, 6.07) is 9.40. The molecule has 0 heterocycles. The van der Waals surface area contributed by atoms with E-state index in [9.17, 15) is 0 Å². The van der Waals surface area contributed by atoms with Crippen LogP contribution in [0.1, 0.15) is 32.3 Å². The van der Waals surface area contributed by atoms with Gasteiger partial charge in [0, 0.05) is 17.5 Å². The zero-order valence-electron chi connectivity index (χ0n) is 9.92. The van der Waals surface area contributed by atoms with Gasteiger partial charge in [-0.2, -0.15) is 11.8 Å². The van der Waals surface area contributed by atoms with Gasteiger partial charge in [-0.1, -0.05) is 26.0 Å². The third-order valence-electron chi connectivity index (χ3n) is 2.62. The van der Waals surface area contributed by atoms with E-state index in [2.05, 4.69) is 49.7 Å². The molecule has 0 bridgehead atoms. The Morgan fingerprint density at radius 2 is 1.73 bits per heavy atom. The Kier molecular flexibility index (Phi) is 5.62. The lowest BCUT2D eigenvalue weighted by atomic mass is 10.1. The van der Waals surface area contributed by atoms with Gasteiger partial charge in [0.2, 0.25) is 0 Å². The van der Waals surface area contributed by atoms with Crippen molar-refractivity contribution in [3.05, 3.63) is 29.8 Å². The van der Waals surface area contributed by atoms with Crippen molar-refractivity contribution in [1.29, 1.82) is 0 Å². The van der Waals surface area contributed by atoms with Gasteiger partial charge in [-0.05, 0) is 36.8 Å². The van der Waals surface area contributed by atoms with Crippen LogP contribution in [0.15, 0.2) is 24.3 Å². The van der Waals surface area contributed by atoms with E-state index in [0.717, 1.165) is 5.75 Å². The van der Waals surface area contributed by atoms with Crippen molar-refractivity contribution in [3.63, 3.8) is 0 Å². The van der Waals surface area contributed by atoms with Crippen LogP contribution in [0, 0.1) is 0 Å². The molecule has 0 unspecified atom stereocenters. The first-order valence-corrected chi connectivity index (χ1v) is 7.04. The molecule has 1 rings (SSSR count). The van der Waals surface area contributed by atoms with Crippen LogP contribution in [0.5, 0.6) is 0 Å². The quantitative estimate of drug-likeness (QED) is 0.777. The van der Waals surface area contributed by atoms with Crippen molar-refractivity contribution in [1.82, 2.24) is 0 Å². The summed E-state index contributed by atoms with van der Waals surface area (Å²) in [4.78, 5) is 0. The molecular formula is C13H21NS. The summed E-state index contributed by atoms with van der Waals surface area (Å²) in [5, 5.41) is 3.54. The van der Waals surface area contributed by atoms with Crippen LogP contribution in [0.2, 0.25) is 0 Å². The minimum Gasteiger partial charge on any atom is -0.382 e. The van der Waals surface area contributed by atoms with E-state index in [4.69, 9.17) is 0 Å². The Balaban J connectivity index is 2.55. The van der Waals surface area contributed by atoms with E-state index in [0.29, 0.717) is 6.04 Å². The minimum absolute atomic E-state index is 0.608. The number of benzene rings is 1. The van der Waals surface area contributed by atoms with Crippen LogP contribution in [0.25, 0.3) is 0 Å². The molecule has 0 aliphatic rings. The molecule has 0 saturated heterocycles. The normalized spacial score (nSPS) is 10.7. The van der Waals surface area contributed by atoms with Crippen molar-refractivity contribution < 1.29 is 0 Å². The Bertz CT molecular complexity index is 264. The standard InChI is InChI=1S/C13H21NS/c1-4-12(5-2)14-13-8-6-11(7-9-13)10-15-3/h6-9,12,14H,4-5,10H2,1-3H3. The first-order chi connectivity index (χ1) is 7.30. The van der Waals surface area contributed by atoms with E-state index in [1.54, 1.807) is 0 Å². The largest absolute Gasteiger partial charge is 0.382 e. The molecule has 0 fully saturated rings. The number of hydrogen-bond donors (Lipinski definition) is 1. The van der Waals surface area contributed by atoms with E-state index >= 15 is 0 Å². The van der Waals surface area contributed by atoms with Crippen molar-refractivity contribution in [2.24, 2.45) is 0 Å². The van der Waals surface area contributed by atoms with Crippen LogP contribution in [0.3, 0.4) is 0 Å². The molecule has 0 atom stereocenters. The highest BCUT2D eigenvalue weighted by molar-refractivity contribution is 7.97. The zero-order chi connectivity index (χ0) is 11.1. The second-order valence-corrected chi connectivity index (χ2v) is 4.65. The van der Waals surface area contributed by atoms with E-state index in [1.165, 1.54) is 24.1 Å². The van der Waals surface area contributed by atoms with Gasteiger partial charge in [0.15, 0.2) is 0 Å². The molecule has 84 valence electrons. The smallest absolute Gasteiger partial charge is 0.0342 e. The molecule has 0 spiro atoms. The van der Waals surface area contributed by atoms with Crippen LogP contribution in [0.4, 0.5) is 5.69 Å². The lowest BCUT2D eigenvalue weighted by molar-refractivity contribution is 0.672. The maximum atomic E-state index is 3.54. The fourth-order valence-corrected chi connectivity index (χ4v) is 2.12. The molecule has 15 heavy (non-hydrogen) atoms. The lowest BCUT2D eigenvalue weighted by Gasteiger charge is -2.16. The predicted octanol–water partition coefficient (Wildman–Crippen LogP) is 4.15. The summed E-state index contributed by atoms with van der Waals surface area (Å²) >= 11 is 1.86. The lowest BCUT2D eigenvalue weighted by Crippen LogP contribution is -2.16. The molecule has 0 aliphatic carbocycles. The Hall–Kier alpha value is -0.630. The second-order valence-electron chi connectivity index (χ2n) is 3.79. The number of thioether (sulfide) groups is 1. The maximum absolute atomic E-state index is 3.54. The molecular weight excluding hydrogens is 202 g/mol. The third-order valence-corrected chi connectivity index (χ3v) is 3.24. The molecule has 2 heteroatoms. The first-order valence-electron chi connectivity index (χ1n) is 5.64. The fraction of sp³-hybridized carbons (Fsp3) is 0.538. The van der Waals surface area contributed by atoms with Gasteiger partial charge in [-0.3, -0.25) is 0 Å². The molecule has 0 amide bonds. The summed E-state index contributed by atoms with van der Waals surface area (Å²) in [6.07, 6.45) is 4.50. The van der Waals surface area contributed by atoms with Gasteiger partial charge < -0.3 is 5.32 Å². The molecule has 1 aromatic rings. The summed E-state index contributed by atoms with van der Waals surface area (Å²) in [6.45, 7) is 4.45. The number of rotatable bonds is 6. The molecule has 0 radical (unpaired) electrons. The van der Waals surface area contributed by atoms with Gasteiger partial charge in [-0.15, -0.1) is 0 Å². The highest BCUT2D eigenvalue weighted by Crippen LogP contribution is 2.15. The Morgan fingerprint density at radius 1 is 1.13 bits per heavy atom. The van der Waals surface area contributed by atoms with Crippen molar-refractivity contribution >= 4 is 17.4 Å². The summed E-state index contributed by atoms with van der Waals surface area (Å²) < 4.78 is 0. The highest BCUT2D eigenvalue weighted by atomic mass is 32.2. The summed E-state index contributed by atoms with van der Waals surface area (Å²) in [5.41, 5.74) is 2.64. The first kappa shape index (κ1) is 12.4. The minimum atomic E-state index is 0.608. The van der Waals surface area contributed by atoms with Crippen LogP contribution in [-0.4, -0.2) is 12.3 Å². The van der Waals surface area contributed by atoms with Gasteiger partial charge in [0.1, 0.15) is 0 Å². The van der Waals surface area contributed by atoms with Crippen molar-refractivity contribution in [2.45, 2.75) is 38.5 Å². The number of nitrogens with one attached hydrogen (secondary N) is 1. The summed E-state index contributed by atoms with van der Waals surface area (Å²) in [7, 11) is 0. The molecule has 0 aliphatic heterocycles. The van der Waals surface area contributed by atoms with Crippen molar-refractivity contribution in [2.75, 3.05) is 11.6 Å². The third kappa shape index (κ3) is 4.17. The molecule has 1 aromatic carbocycles. The van der Waals surface area contributed by atoms with E-state index in [-0.39, 0.29) is 0 Å². The number of anilines is 1. The average Bonchev–Trinajstić information content (AvgIpc) is 2.28. The molecule has 0 saturated carbocycles. The second kappa shape index (κ2) is 6.78. The van der Waals surface area contributed by atoms with E-state index in [1.807, 2.05) is 11.8 Å². The zero-order valence-corrected chi connectivity index (χ0v) is 10.7. The number of hydrogen-bond acceptors (Lipinski definition) is 2. The van der Waals surface area contributed by atoms with Crippen LogP contribution < -0.4 is 5.32 Å².